The molecule has 0 saturated heterocycles. The number of benzene rings is 1. The van der Waals surface area contributed by atoms with Gasteiger partial charge >= 0.3 is 5.97 Å². The van der Waals surface area contributed by atoms with E-state index < -0.39 is 11.4 Å². The molecule has 0 heterocycles. The molecule has 4 heteroatoms. The smallest absolute Gasteiger partial charge is 0.309 e. The summed E-state index contributed by atoms with van der Waals surface area (Å²) in [5.74, 6) is 0.171. The van der Waals surface area contributed by atoms with Crippen molar-refractivity contribution in [1.82, 2.24) is 5.32 Å². The molecule has 1 aromatic rings. The molecule has 1 unspecified atom stereocenters. The van der Waals surface area contributed by atoms with Crippen molar-refractivity contribution in [2.75, 3.05) is 13.7 Å². The van der Waals surface area contributed by atoms with Crippen LogP contribution >= 0.6 is 0 Å². The Morgan fingerprint density at radius 1 is 1.43 bits per heavy atom. The van der Waals surface area contributed by atoms with Crippen LogP contribution < -0.4 is 10.1 Å². The standard InChI is InChI=1S/C17H25NO3/c1-17(2,16(19)20)8-9-18-14-6-4-12-5-7-15(21-3)11-13(12)10-14/h5,7,11,14,18H,4,6,8-10H2,1-3H3,(H,19,20). The molecule has 2 N–H and O–H groups in total. The second kappa shape index (κ2) is 6.48. The van der Waals surface area contributed by atoms with Gasteiger partial charge in [0.05, 0.1) is 12.5 Å². The van der Waals surface area contributed by atoms with Gasteiger partial charge in [0, 0.05) is 6.04 Å². The van der Waals surface area contributed by atoms with Crippen LogP contribution in [0.1, 0.15) is 37.8 Å². The highest BCUT2D eigenvalue weighted by Crippen LogP contribution is 2.26. The Labute approximate surface area is 126 Å². The number of carboxylic acids is 1. The van der Waals surface area contributed by atoms with Gasteiger partial charge in [0.15, 0.2) is 0 Å². The zero-order valence-corrected chi connectivity index (χ0v) is 13.1. The highest BCUT2D eigenvalue weighted by atomic mass is 16.5. The summed E-state index contributed by atoms with van der Waals surface area (Å²) in [7, 11) is 1.69. The van der Waals surface area contributed by atoms with Crippen LogP contribution in [-0.2, 0) is 17.6 Å². The van der Waals surface area contributed by atoms with Crippen LogP contribution in [0, 0.1) is 5.41 Å². The maximum Gasteiger partial charge on any atom is 0.309 e. The number of carboxylic acid groups (broad SMARTS) is 1. The molecule has 0 aromatic heterocycles. The summed E-state index contributed by atoms with van der Waals surface area (Å²) in [6, 6.07) is 6.71. The first-order valence-corrected chi connectivity index (χ1v) is 7.55. The average molecular weight is 291 g/mol. The average Bonchev–Trinajstić information content (AvgIpc) is 2.46. The number of fused-ring (bicyclic) bond motifs is 1. The first-order chi connectivity index (χ1) is 9.92. The lowest BCUT2D eigenvalue weighted by molar-refractivity contribution is -0.147. The van der Waals surface area contributed by atoms with Crippen molar-refractivity contribution in [2.45, 2.75) is 45.6 Å². The molecule has 0 bridgehead atoms. The summed E-state index contributed by atoms with van der Waals surface area (Å²) in [4.78, 5) is 11.1. The Morgan fingerprint density at radius 3 is 2.86 bits per heavy atom. The molecule has 1 aliphatic rings. The number of methoxy groups -OCH3 is 1. The molecule has 0 radical (unpaired) electrons. The number of hydrogen-bond acceptors (Lipinski definition) is 3. The maximum atomic E-state index is 11.1. The first-order valence-electron chi connectivity index (χ1n) is 7.55. The van der Waals surface area contributed by atoms with Gasteiger partial charge in [-0.15, -0.1) is 0 Å². The topological polar surface area (TPSA) is 58.6 Å². The van der Waals surface area contributed by atoms with Gasteiger partial charge in [-0.25, -0.2) is 0 Å². The number of aryl methyl sites for hydroxylation is 1. The lowest BCUT2D eigenvalue weighted by Gasteiger charge is -2.27. The fraction of sp³-hybridized carbons (Fsp3) is 0.588. The Bertz CT molecular complexity index is 511. The third-order valence-electron chi connectivity index (χ3n) is 4.40. The number of ether oxygens (including phenoxy) is 1. The van der Waals surface area contributed by atoms with E-state index in [4.69, 9.17) is 9.84 Å². The summed E-state index contributed by atoms with van der Waals surface area (Å²) >= 11 is 0. The highest BCUT2D eigenvalue weighted by molar-refractivity contribution is 5.73. The third kappa shape index (κ3) is 3.97. The van der Waals surface area contributed by atoms with Crippen molar-refractivity contribution < 1.29 is 14.6 Å². The Morgan fingerprint density at radius 2 is 2.19 bits per heavy atom. The zero-order valence-electron chi connectivity index (χ0n) is 13.1. The van der Waals surface area contributed by atoms with Crippen molar-refractivity contribution in [3.8, 4) is 5.75 Å². The molecule has 2 rings (SSSR count). The van der Waals surface area contributed by atoms with Gasteiger partial charge in [0.25, 0.3) is 0 Å². The van der Waals surface area contributed by atoms with E-state index >= 15 is 0 Å². The van der Waals surface area contributed by atoms with Crippen LogP contribution in [0.15, 0.2) is 18.2 Å². The van der Waals surface area contributed by atoms with Gasteiger partial charge in [-0.1, -0.05) is 6.07 Å². The minimum absolute atomic E-state index is 0.425. The molecule has 0 fully saturated rings. The van der Waals surface area contributed by atoms with Crippen molar-refractivity contribution in [3.05, 3.63) is 29.3 Å². The fourth-order valence-electron chi connectivity index (χ4n) is 2.73. The van der Waals surface area contributed by atoms with Crippen LogP contribution in [0.5, 0.6) is 5.75 Å². The summed E-state index contributed by atoms with van der Waals surface area (Å²) in [5, 5.41) is 12.6. The maximum absolute atomic E-state index is 11.1. The van der Waals surface area contributed by atoms with E-state index in [0.717, 1.165) is 31.6 Å². The van der Waals surface area contributed by atoms with E-state index in [2.05, 4.69) is 17.4 Å². The predicted octanol–water partition coefficient (Wildman–Crippen LogP) is 2.64. The fourth-order valence-corrected chi connectivity index (χ4v) is 2.73. The molecule has 0 spiro atoms. The minimum atomic E-state index is -0.733. The van der Waals surface area contributed by atoms with Gasteiger partial charge < -0.3 is 15.2 Å². The van der Waals surface area contributed by atoms with E-state index in [1.807, 2.05) is 6.07 Å². The molecule has 0 aliphatic heterocycles. The largest absolute Gasteiger partial charge is 0.497 e. The predicted molar refractivity (Wildman–Crippen MR) is 82.8 cm³/mol. The monoisotopic (exact) mass is 291 g/mol. The summed E-state index contributed by atoms with van der Waals surface area (Å²) in [5.41, 5.74) is 2.08. The van der Waals surface area contributed by atoms with Gasteiger partial charge in [-0.05, 0) is 69.3 Å². The lowest BCUT2D eigenvalue weighted by Crippen LogP contribution is -2.37. The van der Waals surface area contributed by atoms with Crippen LogP contribution in [0.25, 0.3) is 0 Å². The van der Waals surface area contributed by atoms with Gasteiger partial charge in [0.2, 0.25) is 0 Å². The zero-order chi connectivity index (χ0) is 15.5. The highest BCUT2D eigenvalue weighted by Gasteiger charge is 2.27. The summed E-state index contributed by atoms with van der Waals surface area (Å²) in [6.45, 7) is 4.29. The van der Waals surface area contributed by atoms with Crippen LogP contribution in [0.4, 0.5) is 0 Å². The van der Waals surface area contributed by atoms with Gasteiger partial charge in [-0.3, -0.25) is 4.79 Å². The molecule has 1 aliphatic carbocycles. The summed E-state index contributed by atoms with van der Waals surface area (Å²) in [6.07, 6.45) is 3.80. The Kier molecular flexibility index (Phi) is 4.88. The summed E-state index contributed by atoms with van der Waals surface area (Å²) < 4.78 is 5.28. The Balaban J connectivity index is 1.88. The minimum Gasteiger partial charge on any atom is -0.497 e. The number of nitrogens with one attached hydrogen (secondary N) is 1. The van der Waals surface area contributed by atoms with Crippen molar-refractivity contribution >= 4 is 5.97 Å². The van der Waals surface area contributed by atoms with E-state index in [1.165, 1.54) is 11.1 Å². The SMILES string of the molecule is COc1ccc2c(c1)CC(NCCC(C)(C)C(=O)O)CC2. The lowest BCUT2D eigenvalue weighted by atomic mass is 9.87. The number of carbonyl (C=O) groups is 1. The molecule has 1 aromatic carbocycles. The van der Waals surface area contributed by atoms with Gasteiger partial charge in [0.1, 0.15) is 5.75 Å². The van der Waals surface area contributed by atoms with E-state index in [-0.39, 0.29) is 0 Å². The molecule has 1 atom stereocenters. The molecule has 0 amide bonds. The number of hydrogen-bond donors (Lipinski definition) is 2. The molecule has 4 nitrogen and oxygen atoms in total. The molecular formula is C17H25NO3. The number of rotatable bonds is 6. The first kappa shape index (κ1) is 15.8. The van der Waals surface area contributed by atoms with Crippen molar-refractivity contribution in [1.29, 1.82) is 0 Å². The van der Waals surface area contributed by atoms with Crippen molar-refractivity contribution in [2.24, 2.45) is 5.41 Å². The van der Waals surface area contributed by atoms with Crippen LogP contribution in [-0.4, -0.2) is 30.8 Å². The van der Waals surface area contributed by atoms with E-state index in [0.29, 0.717) is 12.5 Å². The van der Waals surface area contributed by atoms with E-state index in [9.17, 15) is 4.79 Å². The van der Waals surface area contributed by atoms with Crippen molar-refractivity contribution in [3.63, 3.8) is 0 Å². The normalized spacial score (nSPS) is 18.1. The number of aliphatic carboxylic acids is 1. The van der Waals surface area contributed by atoms with Crippen LogP contribution in [0.3, 0.4) is 0 Å². The second-order valence-electron chi connectivity index (χ2n) is 6.47. The van der Waals surface area contributed by atoms with Gasteiger partial charge in [-0.2, -0.15) is 0 Å². The molecule has 0 saturated carbocycles. The molecular weight excluding hydrogens is 266 g/mol. The van der Waals surface area contributed by atoms with E-state index in [1.54, 1.807) is 21.0 Å². The van der Waals surface area contributed by atoms with Crippen LogP contribution in [0.2, 0.25) is 0 Å². The molecule has 116 valence electrons. The Hall–Kier alpha value is -1.55. The second-order valence-corrected chi connectivity index (χ2v) is 6.47. The third-order valence-corrected chi connectivity index (χ3v) is 4.40. The quantitative estimate of drug-likeness (QED) is 0.846. The molecule has 21 heavy (non-hydrogen) atoms.